The van der Waals surface area contributed by atoms with Crippen molar-refractivity contribution in [2.75, 3.05) is 6.54 Å². The predicted octanol–water partition coefficient (Wildman–Crippen LogP) is -0.584. The van der Waals surface area contributed by atoms with Crippen molar-refractivity contribution in [3.05, 3.63) is 36.0 Å². The zero-order chi connectivity index (χ0) is 11.5. The number of aromatic nitrogens is 1. The Morgan fingerprint density at radius 2 is 1.94 bits per heavy atom. The summed E-state index contributed by atoms with van der Waals surface area (Å²) in [5.74, 6) is 0. The Labute approximate surface area is 93.9 Å². The highest BCUT2D eigenvalue weighted by Gasteiger charge is 2.11. The van der Waals surface area contributed by atoms with Gasteiger partial charge in [0.1, 0.15) is 0 Å². The SMILES string of the molecule is NCCc1ccc2ccc(B(O)O)cc2n1. The molecule has 82 valence electrons. The summed E-state index contributed by atoms with van der Waals surface area (Å²) in [4.78, 5) is 4.41. The molecule has 0 spiro atoms. The van der Waals surface area contributed by atoms with E-state index in [1.54, 1.807) is 12.1 Å². The molecule has 0 bridgehead atoms. The molecular weight excluding hydrogens is 203 g/mol. The summed E-state index contributed by atoms with van der Waals surface area (Å²) < 4.78 is 0. The van der Waals surface area contributed by atoms with Crippen LogP contribution in [0.2, 0.25) is 0 Å². The third-order valence-electron chi connectivity index (χ3n) is 2.47. The van der Waals surface area contributed by atoms with Crippen molar-refractivity contribution in [1.82, 2.24) is 4.98 Å². The monoisotopic (exact) mass is 216 g/mol. The van der Waals surface area contributed by atoms with Crippen LogP contribution in [0.25, 0.3) is 10.9 Å². The normalized spacial score (nSPS) is 10.7. The van der Waals surface area contributed by atoms with Gasteiger partial charge in [-0.05, 0) is 24.1 Å². The van der Waals surface area contributed by atoms with Gasteiger partial charge in [0.05, 0.1) is 5.52 Å². The standard InChI is InChI=1S/C11H13BN2O2/c13-6-5-10-4-2-8-1-3-9(12(15)16)7-11(8)14-10/h1-4,7,15-16H,5-6,13H2. The third kappa shape index (κ3) is 2.22. The van der Waals surface area contributed by atoms with E-state index in [0.717, 1.165) is 23.0 Å². The Hall–Kier alpha value is -1.43. The number of nitrogens with two attached hydrogens (primary N) is 1. The zero-order valence-electron chi connectivity index (χ0n) is 8.80. The Morgan fingerprint density at radius 1 is 1.19 bits per heavy atom. The summed E-state index contributed by atoms with van der Waals surface area (Å²) in [5, 5.41) is 19.1. The van der Waals surface area contributed by atoms with Crippen molar-refractivity contribution < 1.29 is 10.0 Å². The van der Waals surface area contributed by atoms with Crippen LogP contribution in [0.5, 0.6) is 0 Å². The molecule has 4 N–H and O–H groups in total. The van der Waals surface area contributed by atoms with Crippen LogP contribution in [0.3, 0.4) is 0 Å². The first kappa shape index (κ1) is 11.1. The number of benzene rings is 1. The number of hydrogen-bond acceptors (Lipinski definition) is 4. The van der Waals surface area contributed by atoms with E-state index < -0.39 is 7.12 Å². The molecule has 5 heteroatoms. The Morgan fingerprint density at radius 3 is 2.62 bits per heavy atom. The van der Waals surface area contributed by atoms with E-state index in [9.17, 15) is 0 Å². The van der Waals surface area contributed by atoms with E-state index in [2.05, 4.69) is 4.98 Å². The maximum Gasteiger partial charge on any atom is 0.488 e. The molecule has 0 unspecified atom stereocenters. The molecule has 0 radical (unpaired) electrons. The smallest absolute Gasteiger partial charge is 0.423 e. The second-order valence-electron chi connectivity index (χ2n) is 3.67. The highest BCUT2D eigenvalue weighted by Crippen LogP contribution is 2.11. The van der Waals surface area contributed by atoms with Crippen molar-refractivity contribution >= 4 is 23.5 Å². The molecule has 0 aliphatic carbocycles. The average Bonchev–Trinajstić information content (AvgIpc) is 2.28. The minimum atomic E-state index is -1.45. The lowest BCUT2D eigenvalue weighted by Gasteiger charge is -2.04. The van der Waals surface area contributed by atoms with Crippen LogP contribution in [0.15, 0.2) is 30.3 Å². The molecule has 16 heavy (non-hydrogen) atoms. The van der Waals surface area contributed by atoms with E-state index in [-0.39, 0.29) is 0 Å². The molecule has 0 aliphatic heterocycles. The lowest BCUT2D eigenvalue weighted by atomic mass is 9.80. The summed E-state index contributed by atoms with van der Waals surface area (Å²) in [6.07, 6.45) is 0.724. The summed E-state index contributed by atoms with van der Waals surface area (Å²) in [6, 6.07) is 9.08. The Bertz CT molecular complexity index is 502. The molecule has 4 nitrogen and oxygen atoms in total. The third-order valence-corrected chi connectivity index (χ3v) is 2.47. The summed E-state index contributed by atoms with van der Waals surface area (Å²) >= 11 is 0. The Kier molecular flexibility index (Phi) is 3.19. The second kappa shape index (κ2) is 4.61. The lowest BCUT2D eigenvalue weighted by molar-refractivity contribution is 0.426. The molecule has 0 amide bonds. The fraction of sp³-hybridized carbons (Fsp3) is 0.182. The quantitative estimate of drug-likeness (QED) is 0.599. The van der Waals surface area contributed by atoms with Gasteiger partial charge in [0, 0.05) is 17.5 Å². The van der Waals surface area contributed by atoms with Crippen molar-refractivity contribution in [1.29, 1.82) is 0 Å². The number of pyridine rings is 1. The van der Waals surface area contributed by atoms with Gasteiger partial charge in [0.25, 0.3) is 0 Å². The fourth-order valence-electron chi connectivity index (χ4n) is 1.62. The molecule has 0 aliphatic rings. The van der Waals surface area contributed by atoms with Crippen LogP contribution in [0, 0.1) is 0 Å². The van der Waals surface area contributed by atoms with Crippen LogP contribution < -0.4 is 11.2 Å². The summed E-state index contributed by atoms with van der Waals surface area (Å²) in [5.41, 5.74) is 7.59. The van der Waals surface area contributed by atoms with Gasteiger partial charge in [0.15, 0.2) is 0 Å². The van der Waals surface area contributed by atoms with Crippen molar-refractivity contribution in [2.24, 2.45) is 5.73 Å². The maximum atomic E-state index is 9.06. The summed E-state index contributed by atoms with van der Waals surface area (Å²) in [7, 11) is -1.45. The maximum absolute atomic E-state index is 9.06. The van der Waals surface area contributed by atoms with Crippen LogP contribution in [-0.4, -0.2) is 28.7 Å². The number of fused-ring (bicyclic) bond motifs is 1. The summed E-state index contributed by atoms with van der Waals surface area (Å²) in [6.45, 7) is 0.556. The van der Waals surface area contributed by atoms with E-state index in [1.807, 2.05) is 18.2 Å². The first-order chi connectivity index (χ1) is 7.70. The molecule has 0 fully saturated rings. The van der Waals surface area contributed by atoms with Gasteiger partial charge in [0.2, 0.25) is 0 Å². The van der Waals surface area contributed by atoms with Crippen molar-refractivity contribution in [3.63, 3.8) is 0 Å². The van der Waals surface area contributed by atoms with Crippen LogP contribution in [0.4, 0.5) is 0 Å². The first-order valence-corrected chi connectivity index (χ1v) is 5.16. The second-order valence-corrected chi connectivity index (χ2v) is 3.67. The number of rotatable bonds is 3. The largest absolute Gasteiger partial charge is 0.488 e. The van der Waals surface area contributed by atoms with Gasteiger partial charge in [-0.25, -0.2) is 0 Å². The first-order valence-electron chi connectivity index (χ1n) is 5.16. The Balaban J connectivity index is 2.48. The van der Waals surface area contributed by atoms with E-state index in [4.69, 9.17) is 15.8 Å². The van der Waals surface area contributed by atoms with E-state index in [1.165, 1.54) is 0 Å². The highest BCUT2D eigenvalue weighted by atomic mass is 16.4. The van der Waals surface area contributed by atoms with Gasteiger partial charge in [-0.2, -0.15) is 0 Å². The van der Waals surface area contributed by atoms with Crippen LogP contribution in [0.1, 0.15) is 5.69 Å². The van der Waals surface area contributed by atoms with Gasteiger partial charge in [-0.1, -0.05) is 18.2 Å². The highest BCUT2D eigenvalue weighted by molar-refractivity contribution is 6.58. The molecule has 1 heterocycles. The van der Waals surface area contributed by atoms with Gasteiger partial charge < -0.3 is 15.8 Å². The zero-order valence-corrected chi connectivity index (χ0v) is 8.80. The van der Waals surface area contributed by atoms with Gasteiger partial charge in [-0.3, -0.25) is 4.98 Å². The van der Waals surface area contributed by atoms with E-state index in [0.29, 0.717) is 12.0 Å². The fourth-order valence-corrected chi connectivity index (χ4v) is 1.62. The average molecular weight is 216 g/mol. The van der Waals surface area contributed by atoms with Crippen molar-refractivity contribution in [2.45, 2.75) is 6.42 Å². The molecular formula is C11H13BN2O2. The molecule has 1 aromatic heterocycles. The van der Waals surface area contributed by atoms with Gasteiger partial charge in [-0.15, -0.1) is 0 Å². The minimum Gasteiger partial charge on any atom is -0.423 e. The molecule has 1 aromatic carbocycles. The van der Waals surface area contributed by atoms with Crippen LogP contribution >= 0.6 is 0 Å². The predicted molar refractivity (Wildman–Crippen MR) is 64.3 cm³/mol. The topological polar surface area (TPSA) is 79.4 Å². The molecule has 2 rings (SSSR count). The molecule has 0 saturated heterocycles. The number of hydrogen-bond donors (Lipinski definition) is 3. The lowest BCUT2D eigenvalue weighted by Crippen LogP contribution is -2.29. The van der Waals surface area contributed by atoms with Gasteiger partial charge >= 0.3 is 7.12 Å². The van der Waals surface area contributed by atoms with E-state index >= 15 is 0 Å². The minimum absolute atomic E-state index is 0.449. The molecule has 0 atom stereocenters. The van der Waals surface area contributed by atoms with Crippen LogP contribution in [-0.2, 0) is 6.42 Å². The van der Waals surface area contributed by atoms with Crippen molar-refractivity contribution in [3.8, 4) is 0 Å². The molecule has 0 saturated carbocycles. The number of nitrogens with zero attached hydrogens (tertiary/aromatic N) is 1. The molecule has 2 aromatic rings.